The van der Waals surface area contributed by atoms with Crippen LogP contribution in [0.4, 0.5) is 0 Å². The van der Waals surface area contributed by atoms with Gasteiger partial charge in [0.1, 0.15) is 61.0 Å². The van der Waals surface area contributed by atoms with Gasteiger partial charge in [0.2, 0.25) is 5.91 Å². The van der Waals surface area contributed by atoms with E-state index in [0.717, 1.165) is 0 Å². The highest BCUT2D eigenvalue weighted by Gasteiger charge is 2.52. The maximum atomic E-state index is 11.6. The lowest BCUT2D eigenvalue weighted by molar-refractivity contribution is -0.367. The van der Waals surface area contributed by atoms with Crippen LogP contribution < -0.4 is 5.32 Å². The zero-order valence-electron chi connectivity index (χ0n) is 19.3. The Kier molecular flexibility index (Phi) is 9.70. The first-order chi connectivity index (χ1) is 16.4. The van der Waals surface area contributed by atoms with Crippen molar-refractivity contribution in [2.75, 3.05) is 5.88 Å². The summed E-state index contributed by atoms with van der Waals surface area (Å²) in [6.45, 7) is 4.07. The summed E-state index contributed by atoms with van der Waals surface area (Å²) in [6.07, 6.45) is -19.8. The van der Waals surface area contributed by atoms with E-state index in [1.807, 2.05) is 0 Å². The number of ether oxygens (including phenoxy) is 5. The van der Waals surface area contributed by atoms with E-state index < -0.39 is 98.0 Å². The molecule has 15 heteroatoms. The van der Waals surface area contributed by atoms with E-state index in [2.05, 4.69) is 5.32 Å². The molecule has 14 nitrogen and oxygen atoms in total. The minimum atomic E-state index is -1.73. The molecule has 8 N–H and O–H groups in total. The molecule has 3 aliphatic rings. The monoisotopic (exact) mass is 531 g/mol. The third-order valence-corrected chi connectivity index (χ3v) is 6.69. The molecular formula is C20H34ClNO13. The van der Waals surface area contributed by atoms with Crippen molar-refractivity contribution in [3.63, 3.8) is 0 Å². The molecule has 3 heterocycles. The van der Waals surface area contributed by atoms with E-state index in [1.165, 1.54) is 20.8 Å². The lowest BCUT2D eigenvalue weighted by Crippen LogP contribution is -2.68. The summed E-state index contributed by atoms with van der Waals surface area (Å²) in [5, 5.41) is 75.1. The van der Waals surface area contributed by atoms with Crippen LogP contribution >= 0.6 is 11.6 Å². The molecule has 1 amide bonds. The summed E-state index contributed by atoms with van der Waals surface area (Å²) < 4.78 is 27.5. The third-order valence-electron chi connectivity index (χ3n) is 6.39. The van der Waals surface area contributed by atoms with Crippen molar-refractivity contribution in [2.45, 2.75) is 113 Å². The summed E-state index contributed by atoms with van der Waals surface area (Å²) >= 11 is 5.80. The molecule has 0 unspecified atom stereocenters. The topological polar surface area (TPSA) is 217 Å². The highest BCUT2D eigenvalue weighted by molar-refractivity contribution is 6.18. The summed E-state index contributed by atoms with van der Waals surface area (Å²) in [7, 11) is 0. The van der Waals surface area contributed by atoms with Crippen molar-refractivity contribution >= 4 is 17.5 Å². The second kappa shape index (κ2) is 11.8. The van der Waals surface area contributed by atoms with Crippen molar-refractivity contribution < 1.29 is 64.2 Å². The Morgan fingerprint density at radius 2 is 1.31 bits per heavy atom. The van der Waals surface area contributed by atoms with Crippen molar-refractivity contribution in [3.05, 3.63) is 0 Å². The molecule has 3 rings (SSSR count). The average Bonchev–Trinajstić information content (AvgIpc) is 2.80. The van der Waals surface area contributed by atoms with Gasteiger partial charge in [0.25, 0.3) is 0 Å². The van der Waals surface area contributed by atoms with Gasteiger partial charge in [-0.25, -0.2) is 0 Å². The fourth-order valence-electron chi connectivity index (χ4n) is 4.32. The molecule has 3 fully saturated rings. The highest BCUT2D eigenvalue weighted by atomic mass is 35.5. The number of carbonyl (C=O) groups excluding carboxylic acids is 1. The fraction of sp³-hybridized carbons (Fsp3) is 0.950. The molecular weight excluding hydrogens is 498 g/mol. The van der Waals surface area contributed by atoms with Crippen LogP contribution in [-0.4, -0.2) is 140 Å². The molecule has 204 valence electrons. The number of halogens is 1. The SMILES string of the molecule is CC(=O)N[C@@H]1[C@@H](O[C@@H]2O[C@@H](C)[C@H](O)[C@@H](O[C@@H]3O[C@@H](C)[C@H](O)[C@@H](O)[C@H]3O)[C@H]2O)[C@H](O)[C@@H](CCl)O[C@H]1O. The first-order valence-corrected chi connectivity index (χ1v) is 11.8. The molecule has 0 aromatic heterocycles. The number of alkyl halides is 1. The first kappa shape index (κ1) is 28.8. The molecule has 3 saturated heterocycles. The van der Waals surface area contributed by atoms with Crippen molar-refractivity contribution in [2.24, 2.45) is 0 Å². The van der Waals surface area contributed by atoms with Crippen LogP contribution in [0.1, 0.15) is 20.8 Å². The van der Waals surface area contributed by atoms with Crippen molar-refractivity contribution in [3.8, 4) is 0 Å². The van der Waals surface area contributed by atoms with E-state index in [4.69, 9.17) is 35.3 Å². The Bertz CT molecular complexity index is 721. The van der Waals surface area contributed by atoms with Crippen LogP contribution in [0, 0.1) is 0 Å². The highest BCUT2D eigenvalue weighted by Crippen LogP contribution is 2.32. The summed E-state index contributed by atoms with van der Waals surface area (Å²) in [4.78, 5) is 11.6. The smallest absolute Gasteiger partial charge is 0.217 e. The Morgan fingerprint density at radius 3 is 1.89 bits per heavy atom. The average molecular weight is 532 g/mol. The zero-order valence-corrected chi connectivity index (χ0v) is 20.1. The lowest BCUT2D eigenvalue weighted by atomic mass is 9.95. The number of aliphatic hydroxyl groups excluding tert-OH is 7. The van der Waals surface area contributed by atoms with E-state index in [1.54, 1.807) is 0 Å². The Labute approximate surface area is 206 Å². The number of carbonyl (C=O) groups is 1. The summed E-state index contributed by atoms with van der Waals surface area (Å²) in [5.74, 6) is -0.778. The second-order valence-corrected chi connectivity index (χ2v) is 9.32. The minimum absolute atomic E-state index is 0.219. The molecule has 0 bridgehead atoms. The van der Waals surface area contributed by atoms with Gasteiger partial charge in [0.15, 0.2) is 18.9 Å². The Morgan fingerprint density at radius 1 is 0.771 bits per heavy atom. The predicted octanol–water partition coefficient (Wildman–Crippen LogP) is -4.13. The third kappa shape index (κ3) is 6.06. The molecule has 0 radical (unpaired) electrons. The van der Waals surface area contributed by atoms with E-state index in [0.29, 0.717) is 0 Å². The number of amides is 1. The minimum Gasteiger partial charge on any atom is -0.388 e. The lowest BCUT2D eigenvalue weighted by Gasteiger charge is -2.48. The van der Waals surface area contributed by atoms with E-state index in [9.17, 15) is 40.5 Å². The fourth-order valence-corrected chi connectivity index (χ4v) is 4.57. The number of hydrogen-bond donors (Lipinski definition) is 8. The van der Waals surface area contributed by atoms with Crippen LogP contribution in [0.3, 0.4) is 0 Å². The standard InChI is InChI=1S/C20H34ClNO13/c1-5-10(24)13(27)14(28)19(31-5)35-17-11(25)6(2)32-20(15(17)29)34-16-9(22-7(3)23)18(30)33-8(4-21)12(16)26/h5-6,8-20,24-30H,4H2,1-3H3,(H,22,23)/t5-,6-,8+,9+,10-,11-,12+,13+,14+,15+,16+,17+,18+,19-,20-/m0/s1. The molecule has 0 spiro atoms. The van der Waals surface area contributed by atoms with Crippen LogP contribution in [0.15, 0.2) is 0 Å². The maximum Gasteiger partial charge on any atom is 0.217 e. The van der Waals surface area contributed by atoms with Crippen LogP contribution in [0.5, 0.6) is 0 Å². The van der Waals surface area contributed by atoms with Gasteiger partial charge < -0.3 is 64.7 Å². The van der Waals surface area contributed by atoms with Gasteiger partial charge in [-0.2, -0.15) is 0 Å². The Hall–Kier alpha value is -0.720. The van der Waals surface area contributed by atoms with Crippen molar-refractivity contribution in [1.82, 2.24) is 5.32 Å². The van der Waals surface area contributed by atoms with Gasteiger partial charge in [-0.3, -0.25) is 4.79 Å². The van der Waals surface area contributed by atoms with Crippen LogP contribution in [-0.2, 0) is 28.5 Å². The van der Waals surface area contributed by atoms with Crippen LogP contribution in [0.2, 0.25) is 0 Å². The molecule has 3 aliphatic heterocycles. The van der Waals surface area contributed by atoms with E-state index in [-0.39, 0.29) is 5.88 Å². The molecule has 0 aromatic carbocycles. The van der Waals surface area contributed by atoms with Gasteiger partial charge in [-0.15, -0.1) is 11.6 Å². The van der Waals surface area contributed by atoms with E-state index >= 15 is 0 Å². The number of hydrogen-bond acceptors (Lipinski definition) is 13. The normalized spacial score (nSPS) is 51.1. The quantitative estimate of drug-likeness (QED) is 0.153. The van der Waals surface area contributed by atoms with Crippen molar-refractivity contribution in [1.29, 1.82) is 0 Å². The van der Waals surface area contributed by atoms with Gasteiger partial charge in [-0.05, 0) is 13.8 Å². The second-order valence-electron chi connectivity index (χ2n) is 9.01. The Balaban J connectivity index is 1.79. The molecule has 35 heavy (non-hydrogen) atoms. The molecule has 0 aliphatic carbocycles. The van der Waals surface area contributed by atoms with Gasteiger partial charge in [0, 0.05) is 6.92 Å². The largest absolute Gasteiger partial charge is 0.388 e. The maximum absolute atomic E-state index is 11.6. The molecule has 15 atom stereocenters. The van der Waals surface area contributed by atoms with Gasteiger partial charge in [0.05, 0.1) is 18.1 Å². The van der Waals surface area contributed by atoms with Gasteiger partial charge >= 0.3 is 0 Å². The van der Waals surface area contributed by atoms with Crippen LogP contribution in [0.25, 0.3) is 0 Å². The number of aliphatic hydroxyl groups is 7. The predicted molar refractivity (Wildman–Crippen MR) is 114 cm³/mol. The zero-order chi connectivity index (χ0) is 26.2. The summed E-state index contributed by atoms with van der Waals surface area (Å²) in [5.41, 5.74) is 0. The number of rotatable bonds is 6. The number of nitrogens with one attached hydrogen (secondary N) is 1. The van der Waals surface area contributed by atoms with Gasteiger partial charge in [-0.1, -0.05) is 0 Å². The summed E-state index contributed by atoms with van der Waals surface area (Å²) in [6, 6.07) is -1.26. The molecule has 0 saturated carbocycles. The molecule has 0 aromatic rings. The first-order valence-electron chi connectivity index (χ1n) is 11.2.